The van der Waals surface area contributed by atoms with E-state index in [-0.39, 0.29) is 17.6 Å². The maximum absolute atomic E-state index is 13.1. The van der Waals surface area contributed by atoms with Crippen LogP contribution in [-0.4, -0.2) is 18.3 Å². The summed E-state index contributed by atoms with van der Waals surface area (Å²) in [6.45, 7) is 2.54. The van der Waals surface area contributed by atoms with Crippen molar-refractivity contribution in [3.63, 3.8) is 0 Å². The van der Waals surface area contributed by atoms with Crippen LogP contribution in [0.1, 0.15) is 38.2 Å². The fourth-order valence-electron chi connectivity index (χ4n) is 4.15. The Labute approximate surface area is 171 Å². The zero-order chi connectivity index (χ0) is 20.2. The highest BCUT2D eigenvalue weighted by Gasteiger charge is 2.37. The molecule has 4 rings (SSSR count). The minimum Gasteiger partial charge on any atom is -0.494 e. The number of Topliss-reactive ketones (excluding diaryl/α,β-unsaturated/α-hetero) is 1. The van der Waals surface area contributed by atoms with Crippen molar-refractivity contribution < 1.29 is 14.3 Å². The van der Waals surface area contributed by atoms with E-state index in [1.165, 1.54) is 0 Å². The molecule has 2 aromatic carbocycles. The first kappa shape index (κ1) is 19.2. The van der Waals surface area contributed by atoms with Gasteiger partial charge in [0.05, 0.1) is 6.61 Å². The van der Waals surface area contributed by atoms with Crippen molar-refractivity contribution >= 4 is 23.5 Å². The van der Waals surface area contributed by atoms with E-state index in [0.29, 0.717) is 19.4 Å². The second kappa shape index (κ2) is 8.48. The molecule has 1 atom stereocenters. The average molecular weight is 387 g/mol. The predicted molar refractivity (Wildman–Crippen MR) is 115 cm³/mol. The van der Waals surface area contributed by atoms with Crippen molar-refractivity contribution in [2.24, 2.45) is 5.92 Å². The Balaban J connectivity index is 1.69. The molecule has 0 radical (unpaired) electrons. The molecule has 0 saturated carbocycles. The number of amides is 1. The molecule has 29 heavy (non-hydrogen) atoms. The second-order valence-electron chi connectivity index (χ2n) is 7.37. The summed E-state index contributed by atoms with van der Waals surface area (Å²) in [6.07, 6.45) is 6.42. The standard InChI is InChI=1S/C25H25NO3/c1-2-29-21-15-13-20(14-16-21)26-22-9-6-10-23(27)25(22)19(17-24(26)28)12-11-18-7-4-3-5-8-18/h3-5,7-8,11-16,19H,2,6,9-10,17H2,1H3/b12-11+. The summed E-state index contributed by atoms with van der Waals surface area (Å²) in [7, 11) is 0. The van der Waals surface area contributed by atoms with Crippen LogP contribution < -0.4 is 9.64 Å². The number of ketones is 1. The lowest BCUT2D eigenvalue weighted by atomic mass is 9.80. The van der Waals surface area contributed by atoms with Crippen LogP contribution in [0.5, 0.6) is 5.75 Å². The zero-order valence-corrected chi connectivity index (χ0v) is 16.6. The van der Waals surface area contributed by atoms with E-state index in [4.69, 9.17) is 4.74 Å². The lowest BCUT2D eigenvalue weighted by molar-refractivity contribution is -0.120. The third-order valence-electron chi connectivity index (χ3n) is 5.44. The molecule has 0 fully saturated rings. The van der Waals surface area contributed by atoms with E-state index in [0.717, 1.165) is 41.1 Å². The van der Waals surface area contributed by atoms with Crippen LogP contribution in [-0.2, 0) is 9.59 Å². The van der Waals surface area contributed by atoms with Gasteiger partial charge >= 0.3 is 0 Å². The lowest BCUT2D eigenvalue weighted by Crippen LogP contribution is -2.40. The number of carbonyl (C=O) groups is 2. The molecular weight excluding hydrogens is 362 g/mol. The summed E-state index contributed by atoms with van der Waals surface area (Å²) in [5, 5.41) is 0. The Hall–Kier alpha value is -3.14. The third kappa shape index (κ3) is 4.02. The summed E-state index contributed by atoms with van der Waals surface area (Å²) < 4.78 is 5.51. The summed E-state index contributed by atoms with van der Waals surface area (Å²) in [4.78, 5) is 27.7. The first-order valence-corrected chi connectivity index (χ1v) is 10.2. The summed E-state index contributed by atoms with van der Waals surface area (Å²) in [5.74, 6) is 0.811. The van der Waals surface area contributed by atoms with Crippen molar-refractivity contribution in [3.8, 4) is 5.75 Å². The van der Waals surface area contributed by atoms with Gasteiger partial charge in [0, 0.05) is 35.7 Å². The van der Waals surface area contributed by atoms with Gasteiger partial charge in [0.25, 0.3) is 0 Å². The molecule has 0 saturated heterocycles. The molecule has 1 unspecified atom stereocenters. The molecule has 1 amide bonds. The molecule has 2 aromatic rings. The van der Waals surface area contributed by atoms with Crippen molar-refractivity contribution in [2.75, 3.05) is 11.5 Å². The van der Waals surface area contributed by atoms with Crippen molar-refractivity contribution in [2.45, 2.75) is 32.6 Å². The van der Waals surface area contributed by atoms with E-state index in [1.807, 2.05) is 73.7 Å². The molecule has 4 nitrogen and oxygen atoms in total. The number of nitrogens with zero attached hydrogens (tertiary/aromatic N) is 1. The normalized spacial score (nSPS) is 19.6. The summed E-state index contributed by atoms with van der Waals surface area (Å²) in [5.41, 5.74) is 3.53. The highest BCUT2D eigenvalue weighted by Crippen LogP contribution is 2.40. The molecule has 0 bridgehead atoms. The Bertz CT molecular complexity index is 957. The van der Waals surface area contributed by atoms with Crippen molar-refractivity contribution in [1.82, 2.24) is 0 Å². The molecular formula is C25H25NO3. The maximum Gasteiger partial charge on any atom is 0.232 e. The van der Waals surface area contributed by atoms with Gasteiger partial charge in [-0.2, -0.15) is 0 Å². The van der Waals surface area contributed by atoms with Crippen LogP contribution in [0.2, 0.25) is 0 Å². The monoisotopic (exact) mass is 387 g/mol. The Morgan fingerprint density at radius 2 is 1.79 bits per heavy atom. The molecule has 0 N–H and O–H groups in total. The van der Waals surface area contributed by atoms with E-state index >= 15 is 0 Å². The number of hydrogen-bond acceptors (Lipinski definition) is 3. The lowest BCUT2D eigenvalue weighted by Gasteiger charge is -2.37. The van der Waals surface area contributed by atoms with Crippen LogP contribution in [0.3, 0.4) is 0 Å². The fourth-order valence-corrected chi connectivity index (χ4v) is 4.15. The Morgan fingerprint density at radius 3 is 2.52 bits per heavy atom. The van der Waals surface area contributed by atoms with Gasteiger partial charge in [0.15, 0.2) is 5.78 Å². The van der Waals surface area contributed by atoms with Crippen molar-refractivity contribution in [3.05, 3.63) is 77.5 Å². The van der Waals surface area contributed by atoms with Gasteiger partial charge in [-0.3, -0.25) is 14.5 Å². The number of anilines is 1. The van der Waals surface area contributed by atoms with E-state index in [9.17, 15) is 9.59 Å². The number of hydrogen-bond donors (Lipinski definition) is 0. The van der Waals surface area contributed by atoms with Gasteiger partial charge in [-0.15, -0.1) is 0 Å². The van der Waals surface area contributed by atoms with Gasteiger partial charge in [-0.05, 0) is 49.6 Å². The smallest absolute Gasteiger partial charge is 0.232 e. The molecule has 148 valence electrons. The van der Waals surface area contributed by atoms with E-state index in [1.54, 1.807) is 4.90 Å². The first-order valence-electron chi connectivity index (χ1n) is 10.2. The average Bonchev–Trinajstić information content (AvgIpc) is 2.74. The number of carbonyl (C=O) groups excluding carboxylic acids is 2. The highest BCUT2D eigenvalue weighted by molar-refractivity contribution is 6.06. The number of allylic oxidation sites excluding steroid dienone is 3. The number of benzene rings is 2. The fraction of sp³-hybridized carbons (Fsp3) is 0.280. The quantitative estimate of drug-likeness (QED) is 0.712. The van der Waals surface area contributed by atoms with Crippen LogP contribution in [0.25, 0.3) is 6.08 Å². The van der Waals surface area contributed by atoms with Gasteiger partial charge in [-0.1, -0.05) is 42.5 Å². The van der Waals surface area contributed by atoms with Gasteiger partial charge in [-0.25, -0.2) is 0 Å². The highest BCUT2D eigenvalue weighted by atomic mass is 16.5. The van der Waals surface area contributed by atoms with Gasteiger partial charge < -0.3 is 4.74 Å². The first-order chi connectivity index (χ1) is 14.2. The number of rotatable bonds is 5. The maximum atomic E-state index is 13.1. The van der Waals surface area contributed by atoms with Crippen LogP contribution in [0.15, 0.2) is 71.9 Å². The molecule has 4 heteroatoms. The van der Waals surface area contributed by atoms with E-state index < -0.39 is 0 Å². The van der Waals surface area contributed by atoms with Crippen LogP contribution >= 0.6 is 0 Å². The summed E-state index contributed by atoms with van der Waals surface area (Å²) >= 11 is 0. The molecule has 1 aliphatic heterocycles. The predicted octanol–water partition coefficient (Wildman–Crippen LogP) is 5.16. The summed E-state index contributed by atoms with van der Waals surface area (Å²) in [6, 6.07) is 17.5. The van der Waals surface area contributed by atoms with Crippen molar-refractivity contribution in [1.29, 1.82) is 0 Å². The third-order valence-corrected chi connectivity index (χ3v) is 5.44. The van der Waals surface area contributed by atoms with Crippen LogP contribution in [0.4, 0.5) is 5.69 Å². The molecule has 1 heterocycles. The van der Waals surface area contributed by atoms with Gasteiger partial charge in [0.2, 0.25) is 5.91 Å². The minimum absolute atomic E-state index is 0.0327. The minimum atomic E-state index is -0.163. The molecule has 1 aliphatic carbocycles. The second-order valence-corrected chi connectivity index (χ2v) is 7.37. The Kier molecular flexibility index (Phi) is 5.61. The van der Waals surface area contributed by atoms with E-state index in [2.05, 4.69) is 0 Å². The number of ether oxygens (including phenoxy) is 1. The molecule has 2 aliphatic rings. The largest absolute Gasteiger partial charge is 0.494 e. The Morgan fingerprint density at radius 1 is 1.03 bits per heavy atom. The molecule has 0 aromatic heterocycles. The van der Waals surface area contributed by atoms with Crippen LogP contribution in [0, 0.1) is 5.92 Å². The SMILES string of the molecule is CCOc1ccc(N2C(=O)CC(/C=C/c3ccccc3)C3=C2CCCC3=O)cc1. The zero-order valence-electron chi connectivity index (χ0n) is 16.6. The molecule has 0 spiro atoms. The van der Waals surface area contributed by atoms with Gasteiger partial charge in [0.1, 0.15) is 5.75 Å². The topological polar surface area (TPSA) is 46.6 Å².